The Kier molecular flexibility index (Phi) is 5.60. The molecule has 0 unspecified atom stereocenters. The molecule has 1 fully saturated rings. The fraction of sp³-hybridized carbons (Fsp3) is 0.240. The number of hydrogen-bond donors (Lipinski definition) is 1. The number of anilines is 1. The third kappa shape index (κ3) is 3.85. The molecule has 2 aromatic carbocycles. The molecule has 0 saturated carbocycles. The van der Waals surface area contributed by atoms with Gasteiger partial charge < -0.3 is 14.6 Å². The molecule has 1 aromatic heterocycles. The first-order chi connectivity index (χ1) is 16.8. The predicted molar refractivity (Wildman–Crippen MR) is 127 cm³/mol. The molecule has 2 atom stereocenters. The minimum absolute atomic E-state index is 0.0157. The Balaban J connectivity index is 1.66. The van der Waals surface area contributed by atoms with Crippen molar-refractivity contribution in [1.82, 2.24) is 10.2 Å². The van der Waals surface area contributed by atoms with Gasteiger partial charge in [-0.15, -0.1) is 10.2 Å². The molecule has 1 saturated heterocycles. The summed E-state index contributed by atoms with van der Waals surface area (Å²) < 4.78 is 10.5. The van der Waals surface area contributed by atoms with E-state index in [0.717, 1.165) is 22.6 Å². The summed E-state index contributed by atoms with van der Waals surface area (Å²) in [5, 5.41) is 20.2. The van der Waals surface area contributed by atoms with E-state index in [2.05, 4.69) is 10.2 Å². The zero-order valence-corrected chi connectivity index (χ0v) is 20.0. The summed E-state index contributed by atoms with van der Waals surface area (Å²) in [7, 11) is 1.28. The van der Waals surface area contributed by atoms with E-state index in [1.165, 1.54) is 12.0 Å². The zero-order valence-electron chi connectivity index (χ0n) is 19.1. The molecule has 3 aromatic rings. The van der Waals surface area contributed by atoms with Crippen LogP contribution in [0.2, 0.25) is 0 Å². The molecule has 10 heteroatoms. The van der Waals surface area contributed by atoms with Gasteiger partial charge in [0.2, 0.25) is 5.13 Å². The number of ketones is 1. The summed E-state index contributed by atoms with van der Waals surface area (Å²) in [6.07, 6.45) is 0.690. The van der Waals surface area contributed by atoms with Gasteiger partial charge in [0.25, 0.3) is 5.78 Å². The lowest BCUT2D eigenvalue weighted by Crippen LogP contribution is -2.29. The number of Topliss-reactive ketones (excluding diaryl/α,β-unsaturated/α-hetero) is 1. The van der Waals surface area contributed by atoms with Crippen molar-refractivity contribution in [1.29, 1.82) is 0 Å². The van der Waals surface area contributed by atoms with Crippen molar-refractivity contribution >= 4 is 39.9 Å². The number of aliphatic hydroxyl groups is 1. The first-order valence-electron chi connectivity index (χ1n) is 10.9. The number of ether oxygens (including phenoxy) is 2. The van der Waals surface area contributed by atoms with Crippen LogP contribution in [0.15, 0.2) is 48.0 Å². The van der Waals surface area contributed by atoms with Crippen LogP contribution in [0.25, 0.3) is 5.76 Å². The van der Waals surface area contributed by atoms with Crippen molar-refractivity contribution < 1.29 is 29.0 Å². The first kappa shape index (κ1) is 22.7. The number of amides is 1. The number of nitrogens with zero attached hydrogens (tertiary/aromatic N) is 3. The number of methoxy groups -OCH3 is 1. The number of aliphatic hydroxyl groups excluding tert-OH is 1. The number of hydrogen-bond acceptors (Lipinski definition) is 9. The van der Waals surface area contributed by atoms with Crippen molar-refractivity contribution in [2.45, 2.75) is 32.4 Å². The smallest absolute Gasteiger partial charge is 0.337 e. The van der Waals surface area contributed by atoms with Crippen LogP contribution >= 0.6 is 11.3 Å². The van der Waals surface area contributed by atoms with Crippen molar-refractivity contribution in [3.63, 3.8) is 0 Å². The van der Waals surface area contributed by atoms with Gasteiger partial charge in [-0.2, -0.15) is 0 Å². The predicted octanol–water partition coefficient (Wildman–Crippen LogP) is 3.58. The molecule has 2 aliphatic heterocycles. The van der Waals surface area contributed by atoms with Crippen LogP contribution < -0.4 is 9.64 Å². The highest BCUT2D eigenvalue weighted by Crippen LogP contribution is 2.43. The molecular weight excluding hydrogens is 470 g/mol. The number of carbonyl (C=O) groups is 3. The topological polar surface area (TPSA) is 119 Å². The lowest BCUT2D eigenvalue weighted by atomic mass is 9.94. The van der Waals surface area contributed by atoms with E-state index in [-0.39, 0.29) is 22.6 Å². The molecule has 178 valence electrons. The van der Waals surface area contributed by atoms with Crippen molar-refractivity contribution in [3.8, 4) is 5.75 Å². The molecule has 0 aliphatic carbocycles. The zero-order chi connectivity index (χ0) is 24.9. The maximum absolute atomic E-state index is 13.3. The highest BCUT2D eigenvalue weighted by molar-refractivity contribution is 7.15. The van der Waals surface area contributed by atoms with E-state index in [9.17, 15) is 19.5 Å². The van der Waals surface area contributed by atoms with Crippen LogP contribution in [0.1, 0.15) is 45.0 Å². The summed E-state index contributed by atoms with van der Waals surface area (Å²) in [6, 6.07) is 10.5. The molecule has 1 amide bonds. The molecule has 2 aliphatic rings. The molecule has 0 spiro atoms. The van der Waals surface area contributed by atoms with E-state index < -0.39 is 23.7 Å². The third-order valence-corrected chi connectivity index (χ3v) is 6.82. The van der Waals surface area contributed by atoms with Crippen LogP contribution in [0.3, 0.4) is 0 Å². The lowest BCUT2D eigenvalue weighted by Gasteiger charge is -2.22. The van der Waals surface area contributed by atoms with Crippen LogP contribution in [0.5, 0.6) is 5.75 Å². The quantitative estimate of drug-likeness (QED) is 0.255. The Morgan fingerprint density at radius 2 is 1.86 bits per heavy atom. The second-order valence-electron chi connectivity index (χ2n) is 8.34. The molecule has 9 nitrogen and oxygen atoms in total. The van der Waals surface area contributed by atoms with Gasteiger partial charge >= 0.3 is 11.9 Å². The van der Waals surface area contributed by atoms with Crippen LogP contribution in [-0.2, 0) is 20.7 Å². The summed E-state index contributed by atoms with van der Waals surface area (Å²) in [6.45, 7) is 3.69. The number of benzene rings is 2. The van der Waals surface area contributed by atoms with E-state index in [0.29, 0.717) is 28.1 Å². The van der Waals surface area contributed by atoms with Gasteiger partial charge in [0.05, 0.1) is 24.3 Å². The van der Waals surface area contributed by atoms with Gasteiger partial charge in [-0.05, 0) is 55.3 Å². The number of rotatable bonds is 4. The number of aryl methyl sites for hydroxylation is 1. The van der Waals surface area contributed by atoms with Gasteiger partial charge in [0.15, 0.2) is 0 Å². The third-order valence-electron chi connectivity index (χ3n) is 5.98. The second-order valence-corrected chi connectivity index (χ2v) is 9.50. The maximum atomic E-state index is 13.3. The number of aromatic nitrogens is 2. The molecule has 3 heterocycles. The van der Waals surface area contributed by atoms with Crippen LogP contribution in [-0.4, -0.2) is 46.2 Å². The minimum atomic E-state index is -0.961. The maximum Gasteiger partial charge on any atom is 0.337 e. The normalized spacial score (nSPS) is 20.6. The molecule has 0 bridgehead atoms. The number of esters is 1. The summed E-state index contributed by atoms with van der Waals surface area (Å²) in [5.41, 5.74) is 2.08. The van der Waals surface area contributed by atoms with Gasteiger partial charge in [-0.1, -0.05) is 23.5 Å². The lowest BCUT2D eigenvalue weighted by molar-refractivity contribution is -0.132. The molecule has 5 rings (SSSR count). The van der Waals surface area contributed by atoms with Gasteiger partial charge in [-0.25, -0.2) is 4.79 Å². The average molecular weight is 492 g/mol. The van der Waals surface area contributed by atoms with Gasteiger partial charge in [0, 0.05) is 12.0 Å². The Morgan fingerprint density at radius 1 is 1.14 bits per heavy atom. The number of carbonyl (C=O) groups excluding carboxylic acids is 3. The molecule has 35 heavy (non-hydrogen) atoms. The Labute approximate surface area is 204 Å². The van der Waals surface area contributed by atoms with Gasteiger partial charge in [0.1, 0.15) is 22.6 Å². The highest BCUT2D eigenvalue weighted by Gasteiger charge is 2.48. The highest BCUT2D eigenvalue weighted by atomic mass is 32.1. The minimum Gasteiger partial charge on any atom is -0.507 e. The summed E-state index contributed by atoms with van der Waals surface area (Å²) in [4.78, 5) is 39.6. The van der Waals surface area contributed by atoms with E-state index in [1.54, 1.807) is 49.4 Å². The van der Waals surface area contributed by atoms with Crippen molar-refractivity contribution in [3.05, 3.63) is 75.3 Å². The summed E-state index contributed by atoms with van der Waals surface area (Å²) >= 11 is 1.16. The second kappa shape index (κ2) is 8.62. The molecule has 0 radical (unpaired) electrons. The average Bonchev–Trinajstić information content (AvgIpc) is 3.52. The van der Waals surface area contributed by atoms with E-state index in [1.807, 2.05) is 6.92 Å². The van der Waals surface area contributed by atoms with Crippen molar-refractivity contribution in [2.75, 3.05) is 12.0 Å². The van der Waals surface area contributed by atoms with Crippen molar-refractivity contribution in [2.24, 2.45) is 0 Å². The molecule has 1 N–H and O–H groups in total. The number of fused-ring (bicyclic) bond motifs is 1. The SMILES string of the molecule is COC(=O)c1ccc([C@@H]2/C(=C(\O)c3ccc4c(c3)C[C@@H](C)O4)C(=O)C(=O)N2c2nnc(C)s2)cc1. The Morgan fingerprint density at radius 3 is 2.51 bits per heavy atom. The van der Waals surface area contributed by atoms with E-state index >= 15 is 0 Å². The van der Waals surface area contributed by atoms with Crippen LogP contribution in [0.4, 0.5) is 5.13 Å². The fourth-order valence-electron chi connectivity index (χ4n) is 4.37. The van der Waals surface area contributed by atoms with E-state index in [4.69, 9.17) is 9.47 Å². The summed E-state index contributed by atoms with van der Waals surface area (Å²) in [5.74, 6) is -1.73. The molecular formula is C25H21N3O6S. The van der Waals surface area contributed by atoms with Gasteiger partial charge in [-0.3, -0.25) is 14.5 Å². The fourth-order valence-corrected chi connectivity index (χ4v) is 5.09. The standard InChI is InChI=1S/C25H21N3O6S/c1-12-10-17-11-16(8-9-18(17)34-12)21(29)19-20(14-4-6-15(7-5-14)24(32)33-3)28(23(31)22(19)30)25-27-26-13(2)35-25/h4-9,11-12,20,29H,10H2,1-3H3/b21-19+/t12-,20-/m1/s1. The Hall–Kier alpha value is -4.05. The monoisotopic (exact) mass is 491 g/mol. The Bertz CT molecular complexity index is 1390. The largest absolute Gasteiger partial charge is 0.507 e. The first-order valence-corrected chi connectivity index (χ1v) is 11.7. The van der Waals surface area contributed by atoms with Crippen LogP contribution in [0, 0.1) is 6.92 Å².